The molecule has 1 heterocycles. The van der Waals surface area contributed by atoms with Crippen molar-refractivity contribution in [1.82, 2.24) is 5.32 Å². The van der Waals surface area contributed by atoms with E-state index in [1.165, 1.54) is 11.1 Å². The molecule has 0 unspecified atom stereocenters. The van der Waals surface area contributed by atoms with Crippen LogP contribution in [0.4, 0.5) is 0 Å². The Morgan fingerprint density at radius 1 is 1.08 bits per heavy atom. The second kappa shape index (κ2) is 3.26. The zero-order chi connectivity index (χ0) is 8.23. The van der Waals surface area contributed by atoms with E-state index in [0.29, 0.717) is 0 Å². The largest absolute Gasteiger partial charge is 0.387 e. The van der Waals surface area contributed by atoms with Crippen molar-refractivity contribution in [3.63, 3.8) is 0 Å². The minimum absolute atomic E-state index is 0.931. The predicted molar refractivity (Wildman–Crippen MR) is 51.6 cm³/mol. The van der Waals surface area contributed by atoms with Gasteiger partial charge >= 0.3 is 0 Å². The van der Waals surface area contributed by atoms with Crippen molar-refractivity contribution in [1.29, 1.82) is 0 Å². The molecule has 0 fully saturated rings. The molecule has 2 rings (SSSR count). The molecular weight excluding hydrogens is 146 g/mol. The van der Waals surface area contributed by atoms with Crippen LogP contribution in [0, 0.1) is 0 Å². The maximum absolute atomic E-state index is 3.13. The number of allylic oxidation sites excluding steroid dienone is 2. The SMILES string of the molecule is C1=CC(c2ccccc2)=CCN1. The highest BCUT2D eigenvalue weighted by Crippen LogP contribution is 2.15. The molecule has 1 aliphatic rings. The lowest BCUT2D eigenvalue weighted by Gasteiger charge is -2.07. The molecular formula is C11H11N. The average molecular weight is 157 g/mol. The summed E-state index contributed by atoms with van der Waals surface area (Å²) < 4.78 is 0. The Labute approximate surface area is 72.4 Å². The molecule has 0 atom stereocenters. The summed E-state index contributed by atoms with van der Waals surface area (Å²) in [5, 5.41) is 3.13. The fraction of sp³-hybridized carbons (Fsp3) is 0.0909. The first kappa shape index (κ1) is 7.17. The van der Waals surface area contributed by atoms with E-state index < -0.39 is 0 Å². The van der Waals surface area contributed by atoms with Gasteiger partial charge in [0.1, 0.15) is 0 Å². The minimum atomic E-state index is 0.931. The van der Waals surface area contributed by atoms with Gasteiger partial charge in [0.25, 0.3) is 0 Å². The van der Waals surface area contributed by atoms with E-state index in [-0.39, 0.29) is 0 Å². The lowest BCUT2D eigenvalue weighted by molar-refractivity contribution is 0.976. The van der Waals surface area contributed by atoms with E-state index in [9.17, 15) is 0 Å². The highest BCUT2D eigenvalue weighted by Gasteiger charge is 1.97. The molecule has 1 aromatic carbocycles. The lowest BCUT2D eigenvalue weighted by atomic mass is 10.0. The Kier molecular flexibility index (Phi) is 1.95. The Hall–Kier alpha value is -1.50. The second-order valence-electron chi connectivity index (χ2n) is 2.77. The molecule has 0 saturated carbocycles. The van der Waals surface area contributed by atoms with Gasteiger partial charge in [0.2, 0.25) is 0 Å². The van der Waals surface area contributed by atoms with Crippen molar-refractivity contribution >= 4 is 5.57 Å². The topological polar surface area (TPSA) is 12.0 Å². The highest BCUT2D eigenvalue weighted by molar-refractivity contribution is 5.74. The molecule has 0 saturated heterocycles. The number of benzene rings is 1. The summed E-state index contributed by atoms with van der Waals surface area (Å²) in [6.07, 6.45) is 6.27. The van der Waals surface area contributed by atoms with E-state index in [2.05, 4.69) is 41.7 Å². The van der Waals surface area contributed by atoms with Crippen molar-refractivity contribution < 1.29 is 0 Å². The quantitative estimate of drug-likeness (QED) is 0.659. The zero-order valence-electron chi connectivity index (χ0n) is 6.83. The molecule has 12 heavy (non-hydrogen) atoms. The second-order valence-corrected chi connectivity index (χ2v) is 2.77. The van der Waals surface area contributed by atoms with Crippen molar-refractivity contribution in [2.45, 2.75) is 0 Å². The monoisotopic (exact) mass is 157 g/mol. The van der Waals surface area contributed by atoms with Crippen molar-refractivity contribution in [2.75, 3.05) is 6.54 Å². The van der Waals surface area contributed by atoms with Crippen LogP contribution in [-0.4, -0.2) is 6.54 Å². The number of dihydropyridines is 1. The van der Waals surface area contributed by atoms with Crippen LogP contribution in [0.2, 0.25) is 0 Å². The first-order valence-electron chi connectivity index (χ1n) is 4.12. The molecule has 60 valence electrons. The average Bonchev–Trinajstić information content (AvgIpc) is 2.21. The van der Waals surface area contributed by atoms with Crippen LogP contribution in [0.15, 0.2) is 48.7 Å². The molecule has 0 spiro atoms. The molecule has 0 amide bonds. The van der Waals surface area contributed by atoms with Crippen LogP contribution in [-0.2, 0) is 0 Å². The van der Waals surface area contributed by atoms with Crippen LogP contribution in [0.1, 0.15) is 5.56 Å². The Morgan fingerprint density at radius 3 is 2.58 bits per heavy atom. The van der Waals surface area contributed by atoms with E-state index in [1.54, 1.807) is 0 Å². The van der Waals surface area contributed by atoms with Gasteiger partial charge in [-0.3, -0.25) is 0 Å². The lowest BCUT2D eigenvalue weighted by Crippen LogP contribution is -2.07. The molecule has 1 aliphatic heterocycles. The van der Waals surface area contributed by atoms with Gasteiger partial charge in [-0.15, -0.1) is 0 Å². The molecule has 1 N–H and O–H groups in total. The third kappa shape index (κ3) is 1.40. The van der Waals surface area contributed by atoms with E-state index in [1.807, 2.05) is 12.3 Å². The first-order valence-corrected chi connectivity index (χ1v) is 4.12. The maximum Gasteiger partial charge on any atom is 0.0334 e. The normalized spacial score (nSPS) is 15.2. The smallest absolute Gasteiger partial charge is 0.0334 e. The van der Waals surface area contributed by atoms with Crippen LogP contribution in [0.5, 0.6) is 0 Å². The Balaban J connectivity index is 2.31. The van der Waals surface area contributed by atoms with E-state index in [0.717, 1.165) is 6.54 Å². The number of hydrogen-bond acceptors (Lipinski definition) is 1. The summed E-state index contributed by atoms with van der Waals surface area (Å²) in [6.45, 7) is 0.931. The Morgan fingerprint density at radius 2 is 1.92 bits per heavy atom. The van der Waals surface area contributed by atoms with Gasteiger partial charge in [-0.25, -0.2) is 0 Å². The maximum atomic E-state index is 3.13. The van der Waals surface area contributed by atoms with Gasteiger partial charge in [0.15, 0.2) is 0 Å². The third-order valence-electron chi connectivity index (χ3n) is 1.93. The van der Waals surface area contributed by atoms with Gasteiger partial charge in [0, 0.05) is 6.54 Å². The van der Waals surface area contributed by atoms with Crippen molar-refractivity contribution in [2.24, 2.45) is 0 Å². The fourth-order valence-corrected chi connectivity index (χ4v) is 1.30. The van der Waals surface area contributed by atoms with Gasteiger partial charge in [-0.05, 0) is 23.4 Å². The van der Waals surface area contributed by atoms with Crippen molar-refractivity contribution in [3.8, 4) is 0 Å². The van der Waals surface area contributed by atoms with Crippen molar-refractivity contribution in [3.05, 3.63) is 54.2 Å². The minimum Gasteiger partial charge on any atom is -0.387 e. The Bertz CT molecular complexity index is 309. The third-order valence-corrected chi connectivity index (χ3v) is 1.93. The zero-order valence-corrected chi connectivity index (χ0v) is 6.83. The molecule has 1 nitrogen and oxygen atoms in total. The van der Waals surface area contributed by atoms with E-state index >= 15 is 0 Å². The predicted octanol–water partition coefficient (Wildman–Crippen LogP) is 2.19. The fourth-order valence-electron chi connectivity index (χ4n) is 1.30. The number of nitrogens with one attached hydrogen (secondary N) is 1. The van der Waals surface area contributed by atoms with Crippen LogP contribution in [0.3, 0.4) is 0 Å². The van der Waals surface area contributed by atoms with Gasteiger partial charge in [-0.2, -0.15) is 0 Å². The standard InChI is InChI=1S/C11H11N/c1-2-4-10(5-3-1)11-6-8-12-9-7-11/h1-8,12H,9H2. The molecule has 0 aromatic heterocycles. The molecule has 1 aromatic rings. The molecule has 0 aliphatic carbocycles. The highest BCUT2D eigenvalue weighted by atomic mass is 14.8. The summed E-state index contributed by atoms with van der Waals surface area (Å²) in [6, 6.07) is 10.4. The molecule has 1 heteroatoms. The summed E-state index contributed by atoms with van der Waals surface area (Å²) in [5.41, 5.74) is 2.59. The first-order chi connectivity index (χ1) is 5.97. The summed E-state index contributed by atoms with van der Waals surface area (Å²) >= 11 is 0. The molecule has 0 radical (unpaired) electrons. The van der Waals surface area contributed by atoms with Crippen LogP contribution >= 0.6 is 0 Å². The van der Waals surface area contributed by atoms with E-state index in [4.69, 9.17) is 0 Å². The van der Waals surface area contributed by atoms with Gasteiger partial charge in [-0.1, -0.05) is 36.4 Å². The summed E-state index contributed by atoms with van der Waals surface area (Å²) in [7, 11) is 0. The van der Waals surface area contributed by atoms with Crippen LogP contribution < -0.4 is 5.32 Å². The summed E-state index contributed by atoms with van der Waals surface area (Å²) in [5.74, 6) is 0. The van der Waals surface area contributed by atoms with Crippen LogP contribution in [0.25, 0.3) is 5.57 Å². The number of hydrogen-bond donors (Lipinski definition) is 1. The van der Waals surface area contributed by atoms with Gasteiger partial charge in [0.05, 0.1) is 0 Å². The summed E-state index contributed by atoms with van der Waals surface area (Å²) in [4.78, 5) is 0. The van der Waals surface area contributed by atoms with Gasteiger partial charge < -0.3 is 5.32 Å². The number of rotatable bonds is 1. The molecule has 0 bridgehead atoms.